The number of pyridine rings is 1. The van der Waals surface area contributed by atoms with Crippen molar-refractivity contribution in [3.63, 3.8) is 0 Å². The van der Waals surface area contributed by atoms with Gasteiger partial charge in [-0.3, -0.25) is 9.59 Å². The molecular formula is C19H15BrN2O2S. The standard InChI is InChI=1S/C19H15BrN2O2S/c1-25-16-5-3-2-4-15(16)21-19(24)14-10-22-7-6-11-8-12(20)9-13(17(11)22)18(14)23/h2-5,8-10H,6-7H2,1H3,(H,21,24). The lowest BCUT2D eigenvalue weighted by Crippen LogP contribution is -2.23. The molecule has 6 heteroatoms. The Kier molecular flexibility index (Phi) is 4.17. The van der Waals surface area contributed by atoms with Crippen molar-refractivity contribution in [3.05, 3.63) is 68.4 Å². The average Bonchev–Trinajstić information content (AvgIpc) is 3.01. The third kappa shape index (κ3) is 2.79. The van der Waals surface area contributed by atoms with Gasteiger partial charge in [0.15, 0.2) is 0 Å². The molecule has 2 aromatic carbocycles. The van der Waals surface area contributed by atoms with Crippen molar-refractivity contribution < 1.29 is 4.79 Å². The molecule has 1 N–H and O–H groups in total. The van der Waals surface area contributed by atoms with Crippen LogP contribution in [0.1, 0.15) is 15.9 Å². The number of carbonyl (C=O) groups is 1. The molecule has 0 radical (unpaired) electrons. The van der Waals surface area contributed by atoms with Gasteiger partial charge in [0.1, 0.15) is 5.56 Å². The minimum Gasteiger partial charge on any atom is -0.346 e. The quantitative estimate of drug-likeness (QED) is 0.650. The SMILES string of the molecule is CSc1ccccc1NC(=O)c1cn2c3c(cc(Br)cc3c1=O)CC2. The number of hydrogen-bond acceptors (Lipinski definition) is 3. The molecule has 1 aromatic heterocycles. The van der Waals surface area contributed by atoms with E-state index in [0.29, 0.717) is 5.39 Å². The summed E-state index contributed by atoms with van der Waals surface area (Å²) in [6, 6.07) is 11.4. The van der Waals surface area contributed by atoms with Crippen LogP contribution < -0.4 is 10.7 Å². The highest BCUT2D eigenvalue weighted by Gasteiger charge is 2.21. The molecule has 0 unspecified atom stereocenters. The molecule has 3 aromatic rings. The number of hydrogen-bond donors (Lipinski definition) is 1. The Hall–Kier alpha value is -2.05. The van der Waals surface area contributed by atoms with Crippen molar-refractivity contribution in [1.82, 2.24) is 4.57 Å². The van der Waals surface area contributed by atoms with Gasteiger partial charge in [-0.1, -0.05) is 28.1 Å². The van der Waals surface area contributed by atoms with Gasteiger partial charge >= 0.3 is 0 Å². The van der Waals surface area contributed by atoms with Gasteiger partial charge in [-0.25, -0.2) is 0 Å². The minimum absolute atomic E-state index is 0.175. The first-order valence-electron chi connectivity index (χ1n) is 7.88. The number of rotatable bonds is 3. The third-order valence-corrected chi connectivity index (χ3v) is 5.69. The van der Waals surface area contributed by atoms with Crippen LogP contribution in [0.3, 0.4) is 0 Å². The van der Waals surface area contributed by atoms with E-state index in [1.807, 2.05) is 41.2 Å². The minimum atomic E-state index is -0.370. The lowest BCUT2D eigenvalue weighted by Gasteiger charge is -2.11. The number of halogens is 1. The molecule has 0 spiro atoms. The Labute approximate surface area is 157 Å². The molecule has 0 atom stereocenters. The van der Waals surface area contributed by atoms with E-state index in [1.54, 1.807) is 24.0 Å². The monoisotopic (exact) mass is 414 g/mol. The van der Waals surface area contributed by atoms with Crippen LogP contribution in [0.15, 0.2) is 56.8 Å². The van der Waals surface area contributed by atoms with Gasteiger partial charge in [0.05, 0.1) is 11.2 Å². The Bertz CT molecular complexity index is 1070. The van der Waals surface area contributed by atoms with Crippen molar-refractivity contribution in [2.24, 2.45) is 0 Å². The van der Waals surface area contributed by atoms with Crippen molar-refractivity contribution in [3.8, 4) is 0 Å². The number of aromatic nitrogens is 1. The molecule has 2 heterocycles. The number of amides is 1. The van der Waals surface area contributed by atoms with Crippen molar-refractivity contribution in [2.45, 2.75) is 17.9 Å². The fraction of sp³-hybridized carbons (Fsp3) is 0.158. The van der Waals surface area contributed by atoms with Gasteiger partial charge in [-0.2, -0.15) is 0 Å². The van der Waals surface area contributed by atoms with Crippen LogP contribution in [-0.2, 0) is 13.0 Å². The third-order valence-electron chi connectivity index (χ3n) is 4.44. The fourth-order valence-corrected chi connectivity index (χ4v) is 4.36. The summed E-state index contributed by atoms with van der Waals surface area (Å²) >= 11 is 5.02. The highest BCUT2D eigenvalue weighted by Crippen LogP contribution is 2.29. The number of carbonyl (C=O) groups excluding carboxylic acids is 1. The second-order valence-corrected chi connectivity index (χ2v) is 7.69. The number of nitrogens with one attached hydrogen (secondary N) is 1. The summed E-state index contributed by atoms with van der Waals surface area (Å²) in [5, 5.41) is 3.47. The van der Waals surface area contributed by atoms with Crippen LogP contribution >= 0.6 is 27.7 Å². The van der Waals surface area contributed by atoms with Crippen LogP contribution in [0.2, 0.25) is 0 Å². The lowest BCUT2D eigenvalue weighted by molar-refractivity contribution is 0.102. The molecule has 0 bridgehead atoms. The van der Waals surface area contributed by atoms with E-state index in [9.17, 15) is 9.59 Å². The largest absolute Gasteiger partial charge is 0.346 e. The molecule has 0 fully saturated rings. The molecule has 0 saturated heterocycles. The summed E-state index contributed by atoms with van der Waals surface area (Å²) in [7, 11) is 0. The topological polar surface area (TPSA) is 51.1 Å². The number of para-hydroxylation sites is 1. The van der Waals surface area contributed by atoms with Gasteiger partial charge in [-0.15, -0.1) is 11.8 Å². The maximum absolute atomic E-state index is 12.9. The normalized spacial score (nSPS) is 12.6. The van der Waals surface area contributed by atoms with E-state index in [4.69, 9.17) is 0 Å². The van der Waals surface area contributed by atoms with E-state index in [1.165, 1.54) is 0 Å². The van der Waals surface area contributed by atoms with Gasteiger partial charge in [0, 0.05) is 27.5 Å². The van der Waals surface area contributed by atoms with E-state index in [0.717, 1.165) is 39.1 Å². The summed E-state index contributed by atoms with van der Waals surface area (Å²) in [5.74, 6) is -0.370. The Morgan fingerprint density at radius 2 is 2.08 bits per heavy atom. The number of anilines is 1. The molecule has 1 aliphatic rings. The smallest absolute Gasteiger partial charge is 0.261 e. The zero-order valence-electron chi connectivity index (χ0n) is 13.5. The Balaban J connectivity index is 1.82. The molecule has 126 valence electrons. The summed E-state index contributed by atoms with van der Waals surface area (Å²) < 4.78 is 2.87. The lowest BCUT2D eigenvalue weighted by atomic mass is 10.1. The van der Waals surface area contributed by atoms with Gasteiger partial charge in [-0.05, 0) is 42.5 Å². The predicted octanol–water partition coefficient (Wildman–Crippen LogP) is 4.29. The molecule has 4 nitrogen and oxygen atoms in total. The first-order valence-corrected chi connectivity index (χ1v) is 9.90. The molecule has 4 rings (SSSR count). The van der Waals surface area contributed by atoms with Crippen LogP contribution in [0.25, 0.3) is 10.9 Å². The van der Waals surface area contributed by atoms with Crippen molar-refractivity contribution in [2.75, 3.05) is 11.6 Å². The molecule has 0 saturated carbocycles. The van der Waals surface area contributed by atoms with E-state index >= 15 is 0 Å². The zero-order valence-corrected chi connectivity index (χ0v) is 15.9. The molecular weight excluding hydrogens is 400 g/mol. The second kappa shape index (κ2) is 6.35. The van der Waals surface area contributed by atoms with Gasteiger partial charge < -0.3 is 9.88 Å². The van der Waals surface area contributed by atoms with E-state index in [-0.39, 0.29) is 16.9 Å². The van der Waals surface area contributed by atoms with Crippen LogP contribution in [0.4, 0.5) is 5.69 Å². The van der Waals surface area contributed by atoms with Crippen LogP contribution in [0, 0.1) is 0 Å². The van der Waals surface area contributed by atoms with E-state index in [2.05, 4.69) is 21.2 Å². The number of aryl methyl sites for hydroxylation is 2. The highest BCUT2D eigenvalue weighted by atomic mass is 79.9. The highest BCUT2D eigenvalue weighted by molar-refractivity contribution is 9.10. The second-order valence-electron chi connectivity index (χ2n) is 5.93. The molecule has 1 aliphatic heterocycles. The van der Waals surface area contributed by atoms with E-state index < -0.39 is 0 Å². The first-order chi connectivity index (χ1) is 12.1. The summed E-state index contributed by atoms with van der Waals surface area (Å²) in [6.45, 7) is 0.782. The molecule has 1 amide bonds. The fourth-order valence-electron chi connectivity index (χ4n) is 3.30. The van der Waals surface area contributed by atoms with Crippen LogP contribution in [-0.4, -0.2) is 16.7 Å². The predicted molar refractivity (Wildman–Crippen MR) is 106 cm³/mol. The number of thioether (sulfide) groups is 1. The Morgan fingerprint density at radius 3 is 2.88 bits per heavy atom. The van der Waals surface area contributed by atoms with Crippen molar-refractivity contribution >= 4 is 50.2 Å². The number of nitrogens with zero attached hydrogens (tertiary/aromatic N) is 1. The van der Waals surface area contributed by atoms with Gasteiger partial charge in [0.25, 0.3) is 5.91 Å². The number of benzene rings is 2. The summed E-state index contributed by atoms with van der Waals surface area (Å²) in [6.07, 6.45) is 4.51. The first kappa shape index (κ1) is 16.4. The van der Waals surface area contributed by atoms with Gasteiger partial charge in [0.2, 0.25) is 5.43 Å². The maximum Gasteiger partial charge on any atom is 0.261 e. The maximum atomic E-state index is 12.9. The average molecular weight is 415 g/mol. The van der Waals surface area contributed by atoms with Crippen LogP contribution in [0.5, 0.6) is 0 Å². The zero-order chi connectivity index (χ0) is 17.6. The summed E-state index contributed by atoms with van der Waals surface area (Å²) in [4.78, 5) is 26.6. The Morgan fingerprint density at radius 1 is 1.28 bits per heavy atom. The summed E-state index contributed by atoms with van der Waals surface area (Å²) in [5.41, 5.74) is 2.75. The molecule has 25 heavy (non-hydrogen) atoms. The molecule has 0 aliphatic carbocycles. The van der Waals surface area contributed by atoms with Crippen molar-refractivity contribution in [1.29, 1.82) is 0 Å².